The molecule has 1 saturated carbocycles. The minimum absolute atomic E-state index is 1.09. The highest BCUT2D eigenvalue weighted by molar-refractivity contribution is 4.64. The number of hydrogen-bond donors (Lipinski definition) is 0. The normalized spacial score (nSPS) is 18.9. The van der Waals surface area contributed by atoms with Crippen molar-refractivity contribution >= 4 is 0 Å². The Morgan fingerprint density at radius 2 is 1.18 bits per heavy atom. The van der Waals surface area contributed by atoms with Crippen molar-refractivity contribution in [2.75, 3.05) is 0 Å². The molecule has 0 heterocycles. The van der Waals surface area contributed by atoms with Gasteiger partial charge in [0.1, 0.15) is 0 Å². The van der Waals surface area contributed by atoms with Crippen LogP contribution in [0.5, 0.6) is 0 Å². The standard InChI is InChI=1S/C17H34/c1-2-3-4-5-6-8-11-14-17-15-12-9-7-10-13-16-17/h17H,2-16H2,1H3. The summed E-state index contributed by atoms with van der Waals surface area (Å²) in [7, 11) is 0. The molecule has 17 heavy (non-hydrogen) atoms. The smallest absolute Gasteiger partial charge is 0.0414 e. The predicted octanol–water partition coefficient (Wildman–Crippen LogP) is 6.49. The van der Waals surface area contributed by atoms with E-state index in [1.54, 1.807) is 0 Å². The Labute approximate surface area is 110 Å². The fourth-order valence-electron chi connectivity index (χ4n) is 3.22. The highest BCUT2D eigenvalue weighted by Gasteiger charge is 2.10. The van der Waals surface area contributed by atoms with Gasteiger partial charge >= 0.3 is 0 Å². The fourth-order valence-corrected chi connectivity index (χ4v) is 3.22. The second-order valence-electron chi connectivity index (χ2n) is 6.12. The zero-order chi connectivity index (χ0) is 12.2. The summed E-state index contributed by atoms with van der Waals surface area (Å²) in [5.74, 6) is 1.09. The summed E-state index contributed by atoms with van der Waals surface area (Å²) in [5, 5.41) is 0. The molecule has 0 spiro atoms. The van der Waals surface area contributed by atoms with Crippen molar-refractivity contribution in [2.24, 2.45) is 5.92 Å². The first-order valence-electron chi connectivity index (χ1n) is 8.43. The molecule has 0 aromatic rings. The van der Waals surface area contributed by atoms with Crippen molar-refractivity contribution < 1.29 is 0 Å². The zero-order valence-corrected chi connectivity index (χ0v) is 12.2. The van der Waals surface area contributed by atoms with E-state index in [2.05, 4.69) is 6.92 Å². The molecule has 1 aliphatic rings. The second-order valence-corrected chi connectivity index (χ2v) is 6.12. The van der Waals surface area contributed by atoms with Crippen molar-refractivity contribution in [3.05, 3.63) is 0 Å². The quantitative estimate of drug-likeness (QED) is 0.424. The van der Waals surface area contributed by atoms with Gasteiger partial charge < -0.3 is 0 Å². The van der Waals surface area contributed by atoms with Crippen LogP contribution in [0.15, 0.2) is 0 Å². The van der Waals surface area contributed by atoms with Gasteiger partial charge in [0, 0.05) is 0 Å². The minimum atomic E-state index is 1.09. The second kappa shape index (κ2) is 11.1. The summed E-state index contributed by atoms with van der Waals surface area (Å²) in [5.41, 5.74) is 0. The van der Waals surface area contributed by atoms with Gasteiger partial charge in [-0.15, -0.1) is 0 Å². The third kappa shape index (κ3) is 8.69. The van der Waals surface area contributed by atoms with Crippen LogP contribution in [-0.4, -0.2) is 0 Å². The lowest BCUT2D eigenvalue weighted by Crippen LogP contribution is -2.03. The van der Waals surface area contributed by atoms with Crippen molar-refractivity contribution in [3.8, 4) is 0 Å². The molecular formula is C17H34. The van der Waals surface area contributed by atoms with Gasteiger partial charge in [0.15, 0.2) is 0 Å². The maximum Gasteiger partial charge on any atom is -0.0414 e. The molecule has 1 fully saturated rings. The summed E-state index contributed by atoms with van der Waals surface area (Å²) in [6.07, 6.45) is 22.4. The number of rotatable bonds is 8. The third-order valence-electron chi connectivity index (χ3n) is 4.44. The lowest BCUT2D eigenvalue weighted by atomic mass is 9.87. The van der Waals surface area contributed by atoms with E-state index in [0.29, 0.717) is 0 Å². The molecule has 0 N–H and O–H groups in total. The Balaban J connectivity index is 1.90. The van der Waals surface area contributed by atoms with Crippen molar-refractivity contribution in [1.29, 1.82) is 0 Å². The van der Waals surface area contributed by atoms with Crippen LogP contribution >= 0.6 is 0 Å². The Hall–Kier alpha value is 0. The molecule has 0 nitrogen and oxygen atoms in total. The SMILES string of the molecule is CCCCCCCCCC1CCCCCCC1. The Bertz CT molecular complexity index is 142. The van der Waals surface area contributed by atoms with E-state index in [4.69, 9.17) is 0 Å². The molecule has 0 aromatic heterocycles. The van der Waals surface area contributed by atoms with E-state index < -0.39 is 0 Å². The first-order valence-corrected chi connectivity index (χ1v) is 8.43. The van der Waals surface area contributed by atoms with E-state index >= 15 is 0 Å². The van der Waals surface area contributed by atoms with Crippen LogP contribution in [0, 0.1) is 5.92 Å². The Morgan fingerprint density at radius 3 is 1.82 bits per heavy atom. The molecule has 0 bridgehead atoms. The van der Waals surface area contributed by atoms with Crippen LogP contribution in [0.4, 0.5) is 0 Å². The van der Waals surface area contributed by atoms with Gasteiger partial charge in [-0.1, -0.05) is 103 Å². The maximum atomic E-state index is 2.30. The molecule has 0 amide bonds. The molecule has 0 unspecified atom stereocenters. The van der Waals surface area contributed by atoms with Crippen molar-refractivity contribution in [3.63, 3.8) is 0 Å². The number of hydrogen-bond acceptors (Lipinski definition) is 0. The minimum Gasteiger partial charge on any atom is -0.0654 e. The van der Waals surface area contributed by atoms with Gasteiger partial charge in [0.25, 0.3) is 0 Å². The first kappa shape index (κ1) is 15.1. The Morgan fingerprint density at radius 1 is 0.647 bits per heavy atom. The topological polar surface area (TPSA) is 0 Å². The van der Waals surface area contributed by atoms with E-state index in [9.17, 15) is 0 Å². The van der Waals surface area contributed by atoms with Crippen LogP contribution in [0.3, 0.4) is 0 Å². The molecule has 0 atom stereocenters. The number of unbranched alkanes of at least 4 members (excludes halogenated alkanes) is 6. The average Bonchev–Trinajstić information content (AvgIpc) is 2.30. The largest absolute Gasteiger partial charge is 0.0654 e. The van der Waals surface area contributed by atoms with Gasteiger partial charge in [-0.25, -0.2) is 0 Å². The molecule has 0 radical (unpaired) electrons. The van der Waals surface area contributed by atoms with E-state index in [-0.39, 0.29) is 0 Å². The third-order valence-corrected chi connectivity index (χ3v) is 4.44. The van der Waals surface area contributed by atoms with Crippen LogP contribution < -0.4 is 0 Å². The van der Waals surface area contributed by atoms with Crippen LogP contribution in [0.25, 0.3) is 0 Å². The van der Waals surface area contributed by atoms with Crippen LogP contribution in [0.2, 0.25) is 0 Å². The monoisotopic (exact) mass is 238 g/mol. The summed E-state index contributed by atoms with van der Waals surface area (Å²) in [4.78, 5) is 0. The summed E-state index contributed by atoms with van der Waals surface area (Å²) in [6.45, 7) is 2.30. The lowest BCUT2D eigenvalue weighted by molar-refractivity contribution is 0.346. The summed E-state index contributed by atoms with van der Waals surface area (Å²) >= 11 is 0. The molecule has 0 aliphatic heterocycles. The van der Waals surface area contributed by atoms with Gasteiger partial charge in [0.2, 0.25) is 0 Å². The molecule has 0 saturated heterocycles. The maximum absolute atomic E-state index is 2.30. The van der Waals surface area contributed by atoms with Crippen molar-refractivity contribution in [2.45, 2.75) is 103 Å². The average molecular weight is 238 g/mol. The first-order chi connectivity index (χ1) is 8.43. The van der Waals surface area contributed by atoms with Gasteiger partial charge in [0.05, 0.1) is 0 Å². The predicted molar refractivity (Wildman–Crippen MR) is 78.4 cm³/mol. The van der Waals surface area contributed by atoms with E-state index in [0.717, 1.165) is 5.92 Å². The van der Waals surface area contributed by atoms with Crippen molar-refractivity contribution in [1.82, 2.24) is 0 Å². The highest BCUT2D eigenvalue weighted by Crippen LogP contribution is 2.26. The molecular weight excluding hydrogens is 204 g/mol. The van der Waals surface area contributed by atoms with E-state index in [1.807, 2.05) is 0 Å². The fraction of sp³-hybridized carbons (Fsp3) is 1.00. The van der Waals surface area contributed by atoms with Crippen LogP contribution in [0.1, 0.15) is 103 Å². The van der Waals surface area contributed by atoms with E-state index in [1.165, 1.54) is 96.3 Å². The highest BCUT2D eigenvalue weighted by atomic mass is 14.2. The van der Waals surface area contributed by atoms with Gasteiger partial charge in [-0.05, 0) is 5.92 Å². The molecule has 1 aliphatic carbocycles. The summed E-state index contributed by atoms with van der Waals surface area (Å²) < 4.78 is 0. The van der Waals surface area contributed by atoms with Gasteiger partial charge in [-0.2, -0.15) is 0 Å². The lowest BCUT2D eigenvalue weighted by Gasteiger charge is -2.19. The molecule has 0 aromatic carbocycles. The Kier molecular flexibility index (Phi) is 9.84. The molecule has 0 heteroatoms. The summed E-state index contributed by atoms with van der Waals surface area (Å²) in [6, 6.07) is 0. The van der Waals surface area contributed by atoms with Crippen LogP contribution in [-0.2, 0) is 0 Å². The molecule has 1 rings (SSSR count). The van der Waals surface area contributed by atoms with Gasteiger partial charge in [-0.3, -0.25) is 0 Å². The zero-order valence-electron chi connectivity index (χ0n) is 12.2. The molecule has 102 valence electrons.